The first-order valence-electron chi connectivity index (χ1n) is 7.33. The summed E-state index contributed by atoms with van der Waals surface area (Å²) in [7, 11) is 0. The maximum Gasteiger partial charge on any atom is 0.269 e. The maximum absolute atomic E-state index is 12.5. The third kappa shape index (κ3) is 3.58. The summed E-state index contributed by atoms with van der Waals surface area (Å²) in [6.07, 6.45) is 0. The molecule has 0 unspecified atom stereocenters. The molecule has 0 fully saturated rings. The summed E-state index contributed by atoms with van der Waals surface area (Å²) in [6.45, 7) is 1.80. The van der Waals surface area contributed by atoms with Crippen LogP contribution in [-0.2, 0) is 0 Å². The predicted octanol–water partition coefficient (Wildman–Crippen LogP) is 4.10. The highest BCUT2D eigenvalue weighted by molar-refractivity contribution is 9.10. The van der Waals surface area contributed by atoms with Gasteiger partial charge in [-0.3, -0.25) is 14.9 Å². The minimum atomic E-state index is -0.465. The number of halogens is 1. The molecular weight excluding hydrogens is 388 g/mol. The lowest BCUT2D eigenvalue weighted by atomic mass is 10.2. The molecule has 2 aromatic carbocycles. The summed E-state index contributed by atoms with van der Waals surface area (Å²) >= 11 is 3.35. The Morgan fingerprint density at radius 1 is 1.20 bits per heavy atom. The Hall–Kier alpha value is -3.00. The van der Waals surface area contributed by atoms with Gasteiger partial charge in [0.25, 0.3) is 11.6 Å². The number of hydrogen-bond donors (Lipinski definition) is 1. The number of non-ortho nitro benzene ring substituents is 1. The Bertz CT molecular complexity index is 951. The smallest absolute Gasteiger partial charge is 0.269 e. The predicted molar refractivity (Wildman–Crippen MR) is 97.1 cm³/mol. The van der Waals surface area contributed by atoms with Crippen LogP contribution < -0.4 is 5.32 Å². The van der Waals surface area contributed by atoms with Crippen LogP contribution in [0, 0.1) is 17.0 Å². The number of aromatic nitrogens is 2. The zero-order chi connectivity index (χ0) is 18.0. The number of hydrogen-bond acceptors (Lipinski definition) is 4. The van der Waals surface area contributed by atoms with Crippen LogP contribution in [0.25, 0.3) is 5.69 Å². The van der Waals surface area contributed by atoms with Gasteiger partial charge >= 0.3 is 0 Å². The summed E-state index contributed by atoms with van der Waals surface area (Å²) in [4.78, 5) is 22.8. The average Bonchev–Trinajstić information content (AvgIpc) is 2.95. The molecule has 8 heteroatoms. The highest BCUT2D eigenvalue weighted by Gasteiger charge is 2.15. The van der Waals surface area contributed by atoms with Crippen molar-refractivity contribution < 1.29 is 9.72 Å². The van der Waals surface area contributed by atoms with Gasteiger partial charge in [-0.05, 0) is 47.1 Å². The minimum absolute atomic E-state index is 0.00794. The second-order valence-electron chi connectivity index (χ2n) is 5.29. The lowest BCUT2D eigenvalue weighted by Gasteiger charge is -2.09. The summed E-state index contributed by atoms with van der Waals surface area (Å²) in [5, 5.41) is 17.9. The van der Waals surface area contributed by atoms with E-state index < -0.39 is 4.92 Å². The van der Waals surface area contributed by atoms with Gasteiger partial charge in [0.2, 0.25) is 0 Å². The number of nitrogens with one attached hydrogen (secondary N) is 1. The van der Waals surface area contributed by atoms with Crippen LogP contribution in [0.15, 0.2) is 59.1 Å². The first kappa shape index (κ1) is 16.8. The second kappa shape index (κ2) is 6.86. The molecule has 1 heterocycles. The number of anilines is 1. The number of nitrogens with zero attached hydrogens (tertiary/aromatic N) is 3. The number of nitro benzene ring substituents is 1. The van der Waals surface area contributed by atoms with Crippen molar-refractivity contribution >= 4 is 33.3 Å². The van der Waals surface area contributed by atoms with Gasteiger partial charge in [0.15, 0.2) is 0 Å². The lowest BCUT2D eigenvalue weighted by Crippen LogP contribution is -2.15. The van der Waals surface area contributed by atoms with E-state index in [2.05, 4.69) is 26.3 Å². The first-order chi connectivity index (χ1) is 12.0. The van der Waals surface area contributed by atoms with Crippen molar-refractivity contribution in [2.24, 2.45) is 0 Å². The molecule has 25 heavy (non-hydrogen) atoms. The van der Waals surface area contributed by atoms with Crippen LogP contribution in [0.4, 0.5) is 11.5 Å². The van der Waals surface area contributed by atoms with E-state index in [4.69, 9.17) is 0 Å². The number of aryl methyl sites for hydroxylation is 1. The summed E-state index contributed by atoms with van der Waals surface area (Å²) in [6, 6.07) is 14.8. The normalized spacial score (nSPS) is 10.5. The number of nitro groups is 1. The largest absolute Gasteiger partial charge is 0.306 e. The van der Waals surface area contributed by atoms with Gasteiger partial charge in [0.05, 0.1) is 21.9 Å². The van der Waals surface area contributed by atoms with Crippen LogP contribution in [0.5, 0.6) is 0 Å². The first-order valence-corrected chi connectivity index (χ1v) is 8.12. The van der Waals surface area contributed by atoms with Gasteiger partial charge in [-0.25, -0.2) is 4.68 Å². The fourth-order valence-corrected chi connectivity index (χ4v) is 2.79. The van der Waals surface area contributed by atoms with Gasteiger partial charge in [0, 0.05) is 22.7 Å². The Morgan fingerprint density at radius 2 is 1.88 bits per heavy atom. The number of carbonyl (C=O) groups is 1. The minimum Gasteiger partial charge on any atom is -0.306 e. The molecule has 0 bridgehead atoms. The Balaban J connectivity index is 1.92. The van der Waals surface area contributed by atoms with Gasteiger partial charge in [-0.2, -0.15) is 5.10 Å². The van der Waals surface area contributed by atoms with Gasteiger partial charge < -0.3 is 5.32 Å². The number of benzene rings is 2. The third-order valence-corrected chi connectivity index (χ3v) is 4.19. The molecule has 3 rings (SSSR count). The molecule has 7 nitrogen and oxygen atoms in total. The van der Waals surface area contributed by atoms with Crippen LogP contribution in [0.2, 0.25) is 0 Å². The van der Waals surface area contributed by atoms with Gasteiger partial charge in [0.1, 0.15) is 5.82 Å². The van der Waals surface area contributed by atoms with E-state index in [0.29, 0.717) is 27.2 Å². The molecule has 0 saturated carbocycles. The molecule has 3 aromatic rings. The van der Waals surface area contributed by atoms with Crippen LogP contribution in [0.1, 0.15) is 16.1 Å². The van der Waals surface area contributed by atoms with Crippen LogP contribution in [-0.4, -0.2) is 20.6 Å². The topological polar surface area (TPSA) is 90.1 Å². The standard InChI is InChI=1S/C17H13BrN4O3/c1-11-10-16(19-17(23)14-4-2-3-5-15(14)18)21(20-11)12-6-8-13(9-7-12)22(24)25/h2-10H,1H3,(H,19,23). The SMILES string of the molecule is Cc1cc(NC(=O)c2ccccc2Br)n(-c2ccc([N+](=O)[O-])cc2)n1. The molecule has 0 aliphatic carbocycles. The summed E-state index contributed by atoms with van der Waals surface area (Å²) in [5.41, 5.74) is 1.81. The van der Waals surface area contributed by atoms with E-state index in [1.807, 2.05) is 6.07 Å². The fourth-order valence-electron chi connectivity index (χ4n) is 2.33. The molecule has 1 N–H and O–H groups in total. The van der Waals surface area contributed by atoms with E-state index >= 15 is 0 Å². The van der Waals surface area contributed by atoms with E-state index in [0.717, 1.165) is 0 Å². The van der Waals surface area contributed by atoms with Crippen LogP contribution >= 0.6 is 15.9 Å². The van der Waals surface area contributed by atoms with Gasteiger partial charge in [-0.1, -0.05) is 12.1 Å². The fraction of sp³-hybridized carbons (Fsp3) is 0.0588. The van der Waals surface area contributed by atoms with Crippen molar-refractivity contribution in [3.05, 3.63) is 80.4 Å². The van der Waals surface area contributed by atoms with Crippen molar-refractivity contribution in [1.29, 1.82) is 0 Å². The quantitative estimate of drug-likeness (QED) is 0.527. The average molecular weight is 401 g/mol. The van der Waals surface area contributed by atoms with E-state index in [-0.39, 0.29) is 11.6 Å². The number of rotatable bonds is 4. The molecular formula is C17H13BrN4O3. The Kier molecular flexibility index (Phi) is 4.62. The lowest BCUT2D eigenvalue weighted by molar-refractivity contribution is -0.384. The highest BCUT2D eigenvalue weighted by Crippen LogP contribution is 2.22. The maximum atomic E-state index is 12.5. The van der Waals surface area contributed by atoms with Crippen molar-refractivity contribution in [3.63, 3.8) is 0 Å². The van der Waals surface area contributed by atoms with Gasteiger partial charge in [-0.15, -0.1) is 0 Å². The molecule has 0 aliphatic heterocycles. The third-order valence-electron chi connectivity index (χ3n) is 3.50. The number of amides is 1. The zero-order valence-electron chi connectivity index (χ0n) is 13.1. The van der Waals surface area contributed by atoms with E-state index in [1.54, 1.807) is 43.3 Å². The van der Waals surface area contributed by atoms with Crippen LogP contribution in [0.3, 0.4) is 0 Å². The summed E-state index contributed by atoms with van der Waals surface area (Å²) < 4.78 is 2.22. The number of carbonyl (C=O) groups excluding carboxylic acids is 1. The molecule has 0 aliphatic rings. The molecule has 0 spiro atoms. The van der Waals surface area contributed by atoms with E-state index in [9.17, 15) is 14.9 Å². The van der Waals surface area contributed by atoms with Crippen molar-refractivity contribution in [3.8, 4) is 5.69 Å². The molecule has 0 atom stereocenters. The molecule has 0 saturated heterocycles. The molecule has 0 radical (unpaired) electrons. The van der Waals surface area contributed by atoms with Crippen molar-refractivity contribution in [2.75, 3.05) is 5.32 Å². The Morgan fingerprint density at radius 3 is 2.52 bits per heavy atom. The molecule has 1 aromatic heterocycles. The molecule has 126 valence electrons. The second-order valence-corrected chi connectivity index (χ2v) is 6.14. The van der Waals surface area contributed by atoms with E-state index in [1.165, 1.54) is 16.8 Å². The van der Waals surface area contributed by atoms with Crippen molar-refractivity contribution in [1.82, 2.24) is 9.78 Å². The monoisotopic (exact) mass is 400 g/mol. The highest BCUT2D eigenvalue weighted by atomic mass is 79.9. The van der Waals surface area contributed by atoms with Crippen molar-refractivity contribution in [2.45, 2.75) is 6.92 Å². The Labute approximate surface area is 151 Å². The molecule has 1 amide bonds. The summed E-state index contributed by atoms with van der Waals surface area (Å²) in [5.74, 6) is 0.197. The zero-order valence-corrected chi connectivity index (χ0v) is 14.7.